The lowest BCUT2D eigenvalue weighted by molar-refractivity contribution is 0.0984. The van der Waals surface area contributed by atoms with Gasteiger partial charge in [-0.2, -0.15) is 0 Å². The van der Waals surface area contributed by atoms with Gasteiger partial charge in [0.2, 0.25) is 5.91 Å². The average Bonchev–Trinajstić information content (AvgIpc) is 3.15. The molecule has 0 saturated carbocycles. The number of aryl methyl sites for hydroxylation is 1. The fourth-order valence-electron chi connectivity index (χ4n) is 4.49. The van der Waals surface area contributed by atoms with Crippen LogP contribution in [0.15, 0.2) is 36.5 Å². The van der Waals surface area contributed by atoms with Crippen LogP contribution in [0.2, 0.25) is 0 Å². The van der Waals surface area contributed by atoms with Gasteiger partial charge in [-0.25, -0.2) is 8.78 Å². The summed E-state index contributed by atoms with van der Waals surface area (Å²) in [5.41, 5.74) is 8.39. The first-order chi connectivity index (χ1) is 15.0. The van der Waals surface area contributed by atoms with Crippen molar-refractivity contribution >= 4 is 29.2 Å². The van der Waals surface area contributed by atoms with Gasteiger partial charge in [-0.1, -0.05) is 6.92 Å². The number of amides is 1. The number of carbonyl (C=O) groups is 1. The lowest BCUT2D eigenvalue weighted by atomic mass is 9.95. The maximum absolute atomic E-state index is 14.2. The highest BCUT2D eigenvalue weighted by Gasteiger charge is 2.30. The molecule has 0 bridgehead atoms. The minimum atomic E-state index is -0.575. The second-order valence-electron chi connectivity index (χ2n) is 8.08. The van der Waals surface area contributed by atoms with Crippen LogP contribution in [0.4, 0.5) is 8.78 Å². The number of carbonyl (C=O) groups excluding carboxylic acids is 1. The number of halogens is 3. The summed E-state index contributed by atoms with van der Waals surface area (Å²) < 4.78 is 33.6. The smallest absolute Gasteiger partial charge is 0.249 e. The van der Waals surface area contributed by atoms with Crippen molar-refractivity contribution in [3.05, 3.63) is 64.9 Å². The Bertz CT molecular complexity index is 1100. The minimum absolute atomic E-state index is 0. The van der Waals surface area contributed by atoms with Gasteiger partial charge in [-0.05, 0) is 74.7 Å². The Labute approximate surface area is 192 Å². The molecule has 0 aliphatic carbocycles. The van der Waals surface area contributed by atoms with Crippen LogP contribution >= 0.6 is 12.4 Å². The number of H-pyrrole nitrogens is 1. The van der Waals surface area contributed by atoms with Gasteiger partial charge in [-0.3, -0.25) is 9.69 Å². The fourth-order valence-corrected chi connectivity index (χ4v) is 4.49. The normalized spacial score (nSPS) is 15.3. The molecule has 0 saturated heterocycles. The SMILES string of the molecule is CCCN(CCCc1c[nH]c2ccc(F)cc12)C1COc2c(F)ccc(C(N)=O)c2C1.Cl. The maximum atomic E-state index is 14.2. The zero-order valence-corrected chi connectivity index (χ0v) is 18.8. The number of ether oxygens (including phenoxy) is 1. The molecule has 1 amide bonds. The Hall–Kier alpha value is -2.64. The molecule has 3 N–H and O–H groups in total. The largest absolute Gasteiger partial charge is 0.489 e. The summed E-state index contributed by atoms with van der Waals surface area (Å²) in [6.07, 6.45) is 5.13. The molecule has 1 atom stereocenters. The van der Waals surface area contributed by atoms with Gasteiger partial charge < -0.3 is 15.5 Å². The lowest BCUT2D eigenvalue weighted by Gasteiger charge is -2.35. The van der Waals surface area contributed by atoms with E-state index in [4.69, 9.17) is 10.5 Å². The highest BCUT2D eigenvalue weighted by Crippen LogP contribution is 2.32. The van der Waals surface area contributed by atoms with Gasteiger partial charge in [0.05, 0.1) is 0 Å². The van der Waals surface area contributed by atoms with E-state index in [1.807, 2.05) is 6.20 Å². The molecule has 0 radical (unpaired) electrons. The number of nitrogens with one attached hydrogen (secondary N) is 1. The third-order valence-electron chi connectivity index (χ3n) is 5.99. The molecule has 0 spiro atoms. The van der Waals surface area contributed by atoms with E-state index in [1.165, 1.54) is 18.2 Å². The van der Waals surface area contributed by atoms with Gasteiger partial charge in [0.15, 0.2) is 11.6 Å². The summed E-state index contributed by atoms with van der Waals surface area (Å²) in [4.78, 5) is 17.3. The molecular formula is C24H28ClF2N3O2. The zero-order chi connectivity index (χ0) is 22.0. The first kappa shape index (κ1) is 24.0. The van der Waals surface area contributed by atoms with Crippen LogP contribution < -0.4 is 10.5 Å². The van der Waals surface area contributed by atoms with Crippen LogP contribution in [0.5, 0.6) is 5.75 Å². The molecule has 2 aromatic carbocycles. The first-order valence-corrected chi connectivity index (χ1v) is 10.7. The number of nitrogens with two attached hydrogens (primary N) is 1. The van der Waals surface area contributed by atoms with Crippen LogP contribution in [-0.4, -0.2) is 41.5 Å². The number of fused-ring (bicyclic) bond motifs is 2. The van der Waals surface area contributed by atoms with E-state index in [2.05, 4.69) is 16.8 Å². The molecule has 2 heterocycles. The topological polar surface area (TPSA) is 71.3 Å². The van der Waals surface area contributed by atoms with Crippen molar-refractivity contribution in [3.8, 4) is 5.75 Å². The Morgan fingerprint density at radius 1 is 1.25 bits per heavy atom. The Morgan fingerprint density at radius 3 is 2.81 bits per heavy atom. The molecule has 1 aliphatic heterocycles. The van der Waals surface area contributed by atoms with Crippen LogP contribution in [0.3, 0.4) is 0 Å². The van der Waals surface area contributed by atoms with Crippen molar-refractivity contribution < 1.29 is 18.3 Å². The van der Waals surface area contributed by atoms with E-state index in [9.17, 15) is 13.6 Å². The number of benzene rings is 2. The molecule has 32 heavy (non-hydrogen) atoms. The molecule has 1 aromatic heterocycles. The quantitative estimate of drug-likeness (QED) is 0.512. The predicted octanol–water partition coefficient (Wildman–Crippen LogP) is 4.62. The van der Waals surface area contributed by atoms with E-state index in [-0.39, 0.29) is 30.0 Å². The van der Waals surface area contributed by atoms with Crippen molar-refractivity contribution in [2.45, 2.75) is 38.6 Å². The molecule has 3 aromatic rings. The third-order valence-corrected chi connectivity index (χ3v) is 5.99. The molecule has 0 fully saturated rings. The molecule has 1 unspecified atom stereocenters. The second kappa shape index (κ2) is 10.3. The zero-order valence-electron chi connectivity index (χ0n) is 18.0. The fraction of sp³-hybridized carbons (Fsp3) is 0.375. The third kappa shape index (κ3) is 4.89. The monoisotopic (exact) mass is 463 g/mol. The van der Waals surface area contributed by atoms with Crippen LogP contribution in [0, 0.1) is 11.6 Å². The van der Waals surface area contributed by atoms with E-state index in [0.29, 0.717) is 24.2 Å². The number of aromatic amines is 1. The standard InChI is InChI=1S/C24H27F2N3O2.ClH/c1-2-9-29(10-3-4-15-13-28-22-8-5-16(25)11-19(15)22)17-12-20-18(24(27)30)6-7-21(26)23(20)31-14-17;/h5-8,11,13,17,28H,2-4,9-10,12,14H2,1H3,(H2,27,30);1H. The number of hydrogen-bond donors (Lipinski definition) is 2. The second-order valence-corrected chi connectivity index (χ2v) is 8.08. The van der Waals surface area contributed by atoms with Crippen molar-refractivity contribution in [3.63, 3.8) is 0 Å². The number of aromatic nitrogens is 1. The molecule has 8 heteroatoms. The number of primary amides is 1. The highest BCUT2D eigenvalue weighted by atomic mass is 35.5. The van der Waals surface area contributed by atoms with Gasteiger partial charge in [0.25, 0.3) is 0 Å². The van der Waals surface area contributed by atoms with Crippen molar-refractivity contribution in [2.75, 3.05) is 19.7 Å². The Kier molecular flexibility index (Phi) is 7.74. The molecule has 1 aliphatic rings. The van der Waals surface area contributed by atoms with Gasteiger partial charge in [0.1, 0.15) is 12.4 Å². The summed E-state index contributed by atoms with van der Waals surface area (Å²) >= 11 is 0. The first-order valence-electron chi connectivity index (χ1n) is 10.7. The van der Waals surface area contributed by atoms with Crippen LogP contribution in [0.1, 0.15) is 41.3 Å². The van der Waals surface area contributed by atoms with Crippen molar-refractivity contribution in [1.82, 2.24) is 9.88 Å². The number of rotatable bonds is 8. The van der Waals surface area contributed by atoms with Gasteiger partial charge >= 0.3 is 0 Å². The average molecular weight is 464 g/mol. The highest BCUT2D eigenvalue weighted by molar-refractivity contribution is 5.95. The molecule has 4 rings (SSSR count). The number of hydrogen-bond acceptors (Lipinski definition) is 3. The minimum Gasteiger partial charge on any atom is -0.489 e. The Balaban J connectivity index is 0.00000289. The van der Waals surface area contributed by atoms with Gasteiger partial charge in [-0.15, -0.1) is 12.4 Å². The molecular weight excluding hydrogens is 436 g/mol. The maximum Gasteiger partial charge on any atom is 0.249 e. The van der Waals surface area contributed by atoms with Crippen LogP contribution in [0.25, 0.3) is 10.9 Å². The summed E-state index contributed by atoms with van der Waals surface area (Å²) in [5.74, 6) is -1.14. The summed E-state index contributed by atoms with van der Waals surface area (Å²) in [7, 11) is 0. The molecule has 172 valence electrons. The number of nitrogens with zero attached hydrogens (tertiary/aromatic N) is 1. The van der Waals surface area contributed by atoms with Crippen molar-refractivity contribution in [1.29, 1.82) is 0 Å². The van der Waals surface area contributed by atoms with Gasteiger partial charge in [0, 0.05) is 34.3 Å². The molecule has 5 nitrogen and oxygen atoms in total. The van der Waals surface area contributed by atoms with Crippen LogP contribution in [-0.2, 0) is 12.8 Å². The van der Waals surface area contributed by atoms with E-state index >= 15 is 0 Å². The summed E-state index contributed by atoms with van der Waals surface area (Å²) in [5, 5.41) is 0.915. The summed E-state index contributed by atoms with van der Waals surface area (Å²) in [6, 6.07) is 7.47. The van der Waals surface area contributed by atoms with E-state index < -0.39 is 11.7 Å². The predicted molar refractivity (Wildman–Crippen MR) is 124 cm³/mol. The van der Waals surface area contributed by atoms with Crippen molar-refractivity contribution in [2.24, 2.45) is 5.73 Å². The van der Waals surface area contributed by atoms with E-state index in [1.54, 1.807) is 12.1 Å². The lowest BCUT2D eigenvalue weighted by Crippen LogP contribution is -2.44. The summed E-state index contributed by atoms with van der Waals surface area (Å²) in [6.45, 7) is 4.17. The van der Waals surface area contributed by atoms with E-state index in [0.717, 1.165) is 48.8 Å². The Morgan fingerprint density at radius 2 is 2.06 bits per heavy atom.